The quantitative estimate of drug-likeness (QED) is 0.746. The fraction of sp³-hybridized carbons (Fsp3) is 0.211. The summed E-state index contributed by atoms with van der Waals surface area (Å²) >= 11 is 0. The highest BCUT2D eigenvalue weighted by molar-refractivity contribution is 5.91. The molecule has 0 bridgehead atoms. The molecule has 0 aliphatic carbocycles. The number of benzene rings is 2. The van der Waals surface area contributed by atoms with Crippen LogP contribution in [-0.2, 0) is 20.8 Å². The fourth-order valence-corrected chi connectivity index (χ4v) is 2.13. The van der Waals surface area contributed by atoms with Gasteiger partial charge in [-0.1, -0.05) is 12.1 Å². The summed E-state index contributed by atoms with van der Waals surface area (Å²) in [5.41, 5.74) is 0.841. The van der Waals surface area contributed by atoms with E-state index in [9.17, 15) is 18.8 Å². The van der Waals surface area contributed by atoms with Crippen LogP contribution in [0.4, 0.5) is 4.39 Å². The largest absolute Gasteiger partial charge is 0.497 e. The molecule has 8 heteroatoms. The zero-order chi connectivity index (χ0) is 19.8. The molecule has 27 heavy (non-hydrogen) atoms. The van der Waals surface area contributed by atoms with Crippen molar-refractivity contribution in [3.05, 3.63) is 65.0 Å². The van der Waals surface area contributed by atoms with Gasteiger partial charge in [0.2, 0.25) is 0 Å². The highest BCUT2D eigenvalue weighted by atomic mass is 19.1. The van der Waals surface area contributed by atoms with E-state index in [0.29, 0.717) is 5.56 Å². The number of rotatable bonds is 7. The van der Waals surface area contributed by atoms with Crippen LogP contribution in [0.3, 0.4) is 0 Å². The molecule has 2 aromatic carbocycles. The van der Waals surface area contributed by atoms with Crippen molar-refractivity contribution in [3.8, 4) is 5.75 Å². The Morgan fingerprint density at radius 2 is 1.70 bits per heavy atom. The van der Waals surface area contributed by atoms with Crippen molar-refractivity contribution in [3.63, 3.8) is 0 Å². The van der Waals surface area contributed by atoms with Crippen LogP contribution in [0.1, 0.15) is 26.3 Å². The lowest BCUT2D eigenvalue weighted by molar-refractivity contribution is -0.124. The molecule has 0 aliphatic heterocycles. The number of ether oxygens (including phenoxy) is 3. The molecule has 0 saturated carbocycles. The lowest BCUT2D eigenvalue weighted by Gasteiger charge is -2.08. The van der Waals surface area contributed by atoms with Crippen LogP contribution >= 0.6 is 0 Å². The van der Waals surface area contributed by atoms with E-state index in [1.165, 1.54) is 26.4 Å². The van der Waals surface area contributed by atoms with Crippen molar-refractivity contribution in [2.45, 2.75) is 6.54 Å². The summed E-state index contributed by atoms with van der Waals surface area (Å²) < 4.78 is 28.0. The number of halogens is 1. The molecule has 0 aromatic heterocycles. The van der Waals surface area contributed by atoms with Gasteiger partial charge in [0, 0.05) is 12.6 Å². The molecule has 142 valence electrons. The second-order valence-corrected chi connectivity index (χ2v) is 5.39. The highest BCUT2D eigenvalue weighted by Crippen LogP contribution is 2.17. The second-order valence-electron chi connectivity index (χ2n) is 5.39. The fourth-order valence-electron chi connectivity index (χ4n) is 2.13. The van der Waals surface area contributed by atoms with Gasteiger partial charge in [0.1, 0.15) is 11.6 Å². The second kappa shape index (κ2) is 9.33. The average Bonchev–Trinajstić information content (AvgIpc) is 2.70. The van der Waals surface area contributed by atoms with E-state index in [0.717, 1.165) is 11.6 Å². The molecule has 0 heterocycles. The van der Waals surface area contributed by atoms with Gasteiger partial charge in [0.15, 0.2) is 6.61 Å². The molecular formula is C19H18FNO6. The standard InChI is InChI=1S/C19H18FNO6/c1-25-14-7-8-15(16(20)9-14)19(24)27-11-17(22)21-10-12-3-5-13(6-4-12)18(23)26-2/h3-9H,10-11H2,1-2H3,(H,21,22). The first-order valence-corrected chi connectivity index (χ1v) is 7.89. The number of hydrogen-bond donors (Lipinski definition) is 1. The highest BCUT2D eigenvalue weighted by Gasteiger charge is 2.15. The number of esters is 2. The average molecular weight is 375 g/mol. The Labute approximate surface area is 155 Å². The van der Waals surface area contributed by atoms with E-state index >= 15 is 0 Å². The molecule has 1 N–H and O–H groups in total. The van der Waals surface area contributed by atoms with Crippen molar-refractivity contribution in [1.29, 1.82) is 0 Å². The third kappa shape index (κ3) is 5.53. The summed E-state index contributed by atoms with van der Waals surface area (Å²) in [6.07, 6.45) is 0. The van der Waals surface area contributed by atoms with Crippen molar-refractivity contribution in [1.82, 2.24) is 5.32 Å². The van der Waals surface area contributed by atoms with E-state index in [1.807, 2.05) is 0 Å². The minimum atomic E-state index is -0.951. The van der Waals surface area contributed by atoms with E-state index in [1.54, 1.807) is 24.3 Å². The summed E-state index contributed by atoms with van der Waals surface area (Å²) in [5.74, 6) is -2.49. The maximum atomic E-state index is 13.8. The van der Waals surface area contributed by atoms with Crippen molar-refractivity contribution in [2.24, 2.45) is 0 Å². The predicted molar refractivity (Wildman–Crippen MR) is 92.9 cm³/mol. The zero-order valence-electron chi connectivity index (χ0n) is 14.8. The van der Waals surface area contributed by atoms with Crippen LogP contribution in [0.25, 0.3) is 0 Å². The normalized spacial score (nSPS) is 10.0. The lowest BCUT2D eigenvalue weighted by atomic mass is 10.1. The Balaban J connectivity index is 1.82. The van der Waals surface area contributed by atoms with Crippen molar-refractivity contribution < 1.29 is 33.0 Å². The molecule has 1 amide bonds. The van der Waals surface area contributed by atoms with Crippen LogP contribution < -0.4 is 10.1 Å². The minimum absolute atomic E-state index is 0.175. The Morgan fingerprint density at radius 3 is 2.30 bits per heavy atom. The van der Waals surface area contributed by atoms with Gasteiger partial charge < -0.3 is 19.5 Å². The van der Waals surface area contributed by atoms with Gasteiger partial charge in [0.25, 0.3) is 5.91 Å². The van der Waals surface area contributed by atoms with Gasteiger partial charge in [-0.3, -0.25) is 4.79 Å². The van der Waals surface area contributed by atoms with E-state index in [4.69, 9.17) is 9.47 Å². The van der Waals surface area contributed by atoms with E-state index in [-0.39, 0.29) is 17.9 Å². The summed E-state index contributed by atoms with van der Waals surface area (Å²) in [6, 6.07) is 10.1. The molecule has 0 spiro atoms. The SMILES string of the molecule is COC(=O)c1ccc(CNC(=O)COC(=O)c2ccc(OC)cc2F)cc1. The van der Waals surface area contributed by atoms with Gasteiger partial charge in [-0.25, -0.2) is 14.0 Å². The Morgan fingerprint density at radius 1 is 1.00 bits per heavy atom. The van der Waals surface area contributed by atoms with Crippen molar-refractivity contribution in [2.75, 3.05) is 20.8 Å². The summed E-state index contributed by atoms with van der Waals surface area (Å²) in [5, 5.41) is 2.56. The number of nitrogens with one attached hydrogen (secondary N) is 1. The molecule has 0 atom stereocenters. The van der Waals surface area contributed by atoms with Crippen LogP contribution in [0.5, 0.6) is 5.75 Å². The molecule has 7 nitrogen and oxygen atoms in total. The van der Waals surface area contributed by atoms with Crippen LogP contribution in [0, 0.1) is 5.82 Å². The minimum Gasteiger partial charge on any atom is -0.497 e. The van der Waals surface area contributed by atoms with E-state index < -0.39 is 30.3 Å². The first kappa shape index (κ1) is 19.9. The van der Waals surface area contributed by atoms with Gasteiger partial charge in [-0.15, -0.1) is 0 Å². The van der Waals surface area contributed by atoms with Crippen molar-refractivity contribution >= 4 is 17.8 Å². The molecule has 0 aliphatic rings. The smallest absolute Gasteiger partial charge is 0.341 e. The molecular weight excluding hydrogens is 357 g/mol. The monoisotopic (exact) mass is 375 g/mol. The van der Waals surface area contributed by atoms with Crippen LogP contribution in [0.2, 0.25) is 0 Å². The van der Waals surface area contributed by atoms with Gasteiger partial charge in [-0.05, 0) is 29.8 Å². The third-order valence-electron chi connectivity index (χ3n) is 3.60. The third-order valence-corrected chi connectivity index (χ3v) is 3.60. The Bertz CT molecular complexity index is 835. The van der Waals surface area contributed by atoms with Crippen LogP contribution in [0.15, 0.2) is 42.5 Å². The summed E-state index contributed by atoms with van der Waals surface area (Å²) in [7, 11) is 2.66. The maximum absolute atomic E-state index is 13.8. The predicted octanol–water partition coefficient (Wildman–Crippen LogP) is 2.09. The summed E-state index contributed by atoms with van der Waals surface area (Å²) in [4.78, 5) is 35.0. The summed E-state index contributed by atoms with van der Waals surface area (Å²) in [6.45, 7) is -0.376. The molecule has 2 rings (SSSR count). The Hall–Kier alpha value is -3.42. The molecule has 0 fully saturated rings. The lowest BCUT2D eigenvalue weighted by Crippen LogP contribution is -2.28. The molecule has 0 radical (unpaired) electrons. The van der Waals surface area contributed by atoms with Gasteiger partial charge >= 0.3 is 11.9 Å². The molecule has 0 unspecified atom stereocenters. The maximum Gasteiger partial charge on any atom is 0.341 e. The van der Waals surface area contributed by atoms with E-state index in [2.05, 4.69) is 10.1 Å². The Kier molecular flexibility index (Phi) is 6.87. The molecule has 2 aromatic rings. The first-order valence-electron chi connectivity index (χ1n) is 7.89. The zero-order valence-corrected chi connectivity index (χ0v) is 14.8. The van der Waals surface area contributed by atoms with Gasteiger partial charge in [0.05, 0.1) is 25.3 Å². The van der Waals surface area contributed by atoms with Crippen LogP contribution in [-0.4, -0.2) is 38.7 Å². The number of hydrogen-bond acceptors (Lipinski definition) is 6. The molecule has 0 saturated heterocycles. The first-order chi connectivity index (χ1) is 12.9. The number of amides is 1. The topological polar surface area (TPSA) is 90.9 Å². The number of carbonyl (C=O) groups is 3. The number of methoxy groups -OCH3 is 2. The number of carbonyl (C=O) groups excluding carboxylic acids is 3. The van der Waals surface area contributed by atoms with Gasteiger partial charge in [-0.2, -0.15) is 0 Å².